The topological polar surface area (TPSA) is 51.5 Å². The molecule has 0 spiro atoms. The van der Waals surface area contributed by atoms with Gasteiger partial charge in [-0.1, -0.05) is 30.3 Å². The molecule has 0 amide bonds. The molecule has 0 saturated heterocycles. The first-order valence-corrected chi connectivity index (χ1v) is 7.31. The molecule has 2 aromatic carbocycles. The summed E-state index contributed by atoms with van der Waals surface area (Å²) in [6, 6.07) is 15.1. The third-order valence-electron chi connectivity index (χ3n) is 3.24. The van der Waals surface area contributed by atoms with Crippen molar-refractivity contribution in [1.29, 1.82) is 5.26 Å². The summed E-state index contributed by atoms with van der Waals surface area (Å²) in [6.45, 7) is 4.44. The summed E-state index contributed by atoms with van der Waals surface area (Å²) in [6.07, 6.45) is 2.59. The summed E-state index contributed by atoms with van der Waals surface area (Å²) in [5.74, 6) is 1.80. The minimum absolute atomic E-state index is 0.317. The second-order valence-corrected chi connectivity index (χ2v) is 4.75. The van der Waals surface area contributed by atoms with Crippen LogP contribution in [-0.2, 0) is 6.42 Å². The Bertz CT molecular complexity index is 704. The maximum absolute atomic E-state index is 9.14. The summed E-state index contributed by atoms with van der Waals surface area (Å²) in [4.78, 5) is 0. The number of rotatable bonds is 8. The van der Waals surface area contributed by atoms with E-state index >= 15 is 0 Å². The lowest BCUT2D eigenvalue weighted by atomic mass is 10.1. The maximum atomic E-state index is 9.14. The molecule has 0 heterocycles. The number of hydrogen-bond donors (Lipinski definition) is 0. The van der Waals surface area contributed by atoms with Gasteiger partial charge in [0.05, 0.1) is 12.7 Å². The standard InChI is InChI=1S/C19H19NO3/c1-3-7-15-8-4-5-10-17(15)22-12-13-23-19-16(14-20)9-6-11-18(19)21-2/h3-6,8-11H,1,7,12-13H2,2H3. The summed E-state index contributed by atoms with van der Waals surface area (Å²) in [5.41, 5.74) is 1.52. The molecule has 4 nitrogen and oxygen atoms in total. The molecular weight excluding hydrogens is 290 g/mol. The lowest BCUT2D eigenvalue weighted by Crippen LogP contribution is -2.11. The third kappa shape index (κ3) is 4.27. The Morgan fingerprint density at radius 1 is 1.04 bits per heavy atom. The minimum Gasteiger partial charge on any atom is -0.493 e. The SMILES string of the molecule is C=CCc1ccccc1OCCOc1c(C#N)cccc1OC. The quantitative estimate of drug-likeness (QED) is 0.550. The van der Waals surface area contributed by atoms with E-state index in [0.29, 0.717) is 30.3 Å². The Balaban J connectivity index is 1.97. The summed E-state index contributed by atoms with van der Waals surface area (Å²) in [5, 5.41) is 9.14. The van der Waals surface area contributed by atoms with E-state index < -0.39 is 0 Å². The molecule has 2 aromatic rings. The first kappa shape index (κ1) is 16.4. The van der Waals surface area contributed by atoms with Crippen LogP contribution >= 0.6 is 0 Å². The third-order valence-corrected chi connectivity index (χ3v) is 3.24. The van der Waals surface area contributed by atoms with Crippen molar-refractivity contribution < 1.29 is 14.2 Å². The number of nitriles is 1. The highest BCUT2D eigenvalue weighted by molar-refractivity contribution is 5.52. The van der Waals surface area contributed by atoms with Gasteiger partial charge in [0.15, 0.2) is 11.5 Å². The Hall–Kier alpha value is -2.93. The number of allylic oxidation sites excluding steroid dienone is 1. The number of methoxy groups -OCH3 is 1. The van der Waals surface area contributed by atoms with E-state index in [4.69, 9.17) is 19.5 Å². The summed E-state index contributed by atoms with van der Waals surface area (Å²) < 4.78 is 16.7. The molecular formula is C19H19NO3. The molecule has 0 atom stereocenters. The van der Waals surface area contributed by atoms with Crippen LogP contribution in [0, 0.1) is 11.3 Å². The lowest BCUT2D eigenvalue weighted by molar-refractivity contribution is 0.210. The fourth-order valence-electron chi connectivity index (χ4n) is 2.18. The van der Waals surface area contributed by atoms with Gasteiger partial charge in [0.1, 0.15) is 25.0 Å². The van der Waals surface area contributed by atoms with Gasteiger partial charge in [0.25, 0.3) is 0 Å². The normalized spacial score (nSPS) is 9.74. The van der Waals surface area contributed by atoms with E-state index in [-0.39, 0.29) is 0 Å². The molecule has 0 saturated carbocycles. The van der Waals surface area contributed by atoms with Crippen LogP contribution in [0.4, 0.5) is 0 Å². The molecule has 118 valence electrons. The average molecular weight is 309 g/mol. The molecule has 0 unspecified atom stereocenters. The van der Waals surface area contributed by atoms with Gasteiger partial charge >= 0.3 is 0 Å². The van der Waals surface area contributed by atoms with E-state index in [1.54, 1.807) is 25.3 Å². The molecule has 0 aromatic heterocycles. The molecule has 0 N–H and O–H groups in total. The Kier molecular flexibility index (Phi) is 6.07. The van der Waals surface area contributed by atoms with Crippen molar-refractivity contribution >= 4 is 0 Å². The van der Waals surface area contributed by atoms with Crippen molar-refractivity contribution in [3.8, 4) is 23.3 Å². The van der Waals surface area contributed by atoms with E-state index in [1.165, 1.54) is 0 Å². The number of nitrogens with zero attached hydrogens (tertiary/aromatic N) is 1. The van der Waals surface area contributed by atoms with Crippen LogP contribution in [-0.4, -0.2) is 20.3 Å². The molecule has 0 bridgehead atoms. The smallest absolute Gasteiger partial charge is 0.179 e. The highest BCUT2D eigenvalue weighted by Crippen LogP contribution is 2.30. The highest BCUT2D eigenvalue weighted by atomic mass is 16.5. The van der Waals surface area contributed by atoms with Gasteiger partial charge < -0.3 is 14.2 Å². The van der Waals surface area contributed by atoms with Crippen molar-refractivity contribution in [3.05, 3.63) is 66.2 Å². The van der Waals surface area contributed by atoms with Gasteiger partial charge in [-0.05, 0) is 30.2 Å². The highest BCUT2D eigenvalue weighted by Gasteiger charge is 2.10. The monoisotopic (exact) mass is 309 g/mol. The van der Waals surface area contributed by atoms with E-state index in [9.17, 15) is 0 Å². The van der Waals surface area contributed by atoms with Crippen molar-refractivity contribution in [2.45, 2.75) is 6.42 Å². The van der Waals surface area contributed by atoms with Crippen LogP contribution in [0.1, 0.15) is 11.1 Å². The van der Waals surface area contributed by atoms with Crippen molar-refractivity contribution in [2.24, 2.45) is 0 Å². The van der Waals surface area contributed by atoms with Crippen molar-refractivity contribution in [1.82, 2.24) is 0 Å². The predicted molar refractivity (Wildman–Crippen MR) is 89.0 cm³/mol. The summed E-state index contributed by atoms with van der Waals surface area (Å²) in [7, 11) is 1.55. The van der Waals surface area contributed by atoms with E-state index in [0.717, 1.165) is 17.7 Å². The molecule has 0 fully saturated rings. The predicted octanol–water partition coefficient (Wildman–Crippen LogP) is 3.75. The van der Waals surface area contributed by atoms with Gasteiger partial charge in [0, 0.05) is 0 Å². The zero-order chi connectivity index (χ0) is 16.5. The molecule has 4 heteroatoms. The van der Waals surface area contributed by atoms with Crippen LogP contribution in [0.2, 0.25) is 0 Å². The summed E-state index contributed by atoms with van der Waals surface area (Å²) >= 11 is 0. The van der Waals surface area contributed by atoms with Gasteiger partial charge in [-0.15, -0.1) is 6.58 Å². The molecule has 23 heavy (non-hydrogen) atoms. The van der Waals surface area contributed by atoms with Crippen LogP contribution in [0.25, 0.3) is 0 Å². The van der Waals surface area contributed by atoms with Crippen LogP contribution in [0.3, 0.4) is 0 Å². The van der Waals surface area contributed by atoms with Crippen molar-refractivity contribution in [2.75, 3.05) is 20.3 Å². The Morgan fingerprint density at radius 3 is 2.52 bits per heavy atom. The zero-order valence-electron chi connectivity index (χ0n) is 13.1. The molecule has 0 aliphatic rings. The second-order valence-electron chi connectivity index (χ2n) is 4.75. The Labute approximate surface area is 136 Å². The first-order chi connectivity index (χ1) is 11.3. The number of ether oxygens (including phenoxy) is 3. The number of benzene rings is 2. The first-order valence-electron chi connectivity index (χ1n) is 7.31. The fourth-order valence-corrected chi connectivity index (χ4v) is 2.18. The molecule has 0 radical (unpaired) electrons. The fraction of sp³-hybridized carbons (Fsp3) is 0.211. The molecule has 2 rings (SSSR count). The lowest BCUT2D eigenvalue weighted by Gasteiger charge is -2.13. The minimum atomic E-state index is 0.317. The van der Waals surface area contributed by atoms with Crippen LogP contribution < -0.4 is 14.2 Å². The van der Waals surface area contributed by atoms with Crippen molar-refractivity contribution in [3.63, 3.8) is 0 Å². The van der Waals surface area contributed by atoms with Gasteiger partial charge in [0.2, 0.25) is 0 Å². The molecule has 0 aliphatic carbocycles. The van der Waals surface area contributed by atoms with Crippen LogP contribution in [0.15, 0.2) is 55.1 Å². The zero-order valence-corrected chi connectivity index (χ0v) is 13.1. The molecule has 0 aliphatic heterocycles. The van der Waals surface area contributed by atoms with Gasteiger partial charge in [-0.3, -0.25) is 0 Å². The van der Waals surface area contributed by atoms with E-state index in [2.05, 4.69) is 12.6 Å². The second kappa shape index (κ2) is 8.50. The largest absolute Gasteiger partial charge is 0.493 e. The Morgan fingerprint density at radius 2 is 1.78 bits per heavy atom. The average Bonchev–Trinajstić information content (AvgIpc) is 2.60. The number of hydrogen-bond acceptors (Lipinski definition) is 4. The van der Waals surface area contributed by atoms with Gasteiger partial charge in [-0.2, -0.15) is 5.26 Å². The number of para-hydroxylation sites is 2. The van der Waals surface area contributed by atoms with Crippen LogP contribution in [0.5, 0.6) is 17.2 Å². The van der Waals surface area contributed by atoms with Gasteiger partial charge in [-0.25, -0.2) is 0 Å². The maximum Gasteiger partial charge on any atom is 0.179 e. The van der Waals surface area contributed by atoms with E-state index in [1.807, 2.05) is 30.3 Å².